The predicted molar refractivity (Wildman–Crippen MR) is 198 cm³/mol. The molecule has 6 aromatic rings. The maximum atomic E-state index is 12.5. The van der Waals surface area contributed by atoms with Gasteiger partial charge in [0.2, 0.25) is 11.8 Å². The first-order chi connectivity index (χ1) is 24.3. The first kappa shape index (κ1) is 34.6. The Labute approximate surface area is 297 Å². The minimum absolute atomic E-state index is 0.0716. The number of amides is 2. The van der Waals surface area contributed by atoms with Gasteiger partial charge in [-0.3, -0.25) is 19.0 Å². The molecule has 0 bridgehead atoms. The lowest BCUT2D eigenvalue weighted by molar-refractivity contribution is -0.112. The second-order valence-electron chi connectivity index (χ2n) is 10.9. The Hall–Kier alpha value is -5.30. The van der Waals surface area contributed by atoms with Gasteiger partial charge in [-0.1, -0.05) is 36.4 Å². The van der Waals surface area contributed by atoms with Crippen molar-refractivity contribution < 1.29 is 23.2 Å². The summed E-state index contributed by atoms with van der Waals surface area (Å²) in [7, 11) is 1.37. The maximum Gasteiger partial charge on any atom is 0.698 e. The molecule has 0 spiro atoms. The molecule has 252 valence electrons. The normalized spacial score (nSPS) is 11.4. The summed E-state index contributed by atoms with van der Waals surface area (Å²) in [6.07, 6.45) is 9.89. The van der Waals surface area contributed by atoms with Crippen LogP contribution in [0.4, 0.5) is 11.4 Å². The van der Waals surface area contributed by atoms with Gasteiger partial charge in [-0.25, -0.2) is 0 Å². The molecule has 0 unspecified atom stereocenters. The Bertz CT molecular complexity index is 1980. The van der Waals surface area contributed by atoms with E-state index in [1.165, 1.54) is 12.2 Å². The molecule has 11 nitrogen and oxygen atoms in total. The molecule has 2 aromatic carbocycles. The van der Waals surface area contributed by atoms with E-state index in [4.69, 9.17) is 9.05 Å². The number of nitrogens with zero attached hydrogens (tertiary/aromatic N) is 4. The number of carbonyl (C=O) groups excluding carboxylic acids is 2. The van der Waals surface area contributed by atoms with Crippen LogP contribution in [0.3, 0.4) is 0 Å². The van der Waals surface area contributed by atoms with E-state index >= 15 is 0 Å². The SMILES string of the molecule is Cn1ncc(/C=C/C(=O)Nc2ccc(CO[P+](=O)OCc3ccc(NC(=O)/C=C/c4cnn(C)c4-c4cccs4)cc3)cc2)c1-c1cccs1. The van der Waals surface area contributed by atoms with Crippen molar-refractivity contribution in [3.63, 3.8) is 0 Å². The number of rotatable bonds is 14. The van der Waals surface area contributed by atoms with Crippen LogP contribution in [0, 0.1) is 0 Å². The third-order valence-corrected chi connectivity index (χ3v) is 9.82. The summed E-state index contributed by atoms with van der Waals surface area (Å²) in [6.45, 7) is 0.143. The van der Waals surface area contributed by atoms with E-state index in [1.807, 2.05) is 49.1 Å². The first-order valence-corrected chi connectivity index (χ1v) is 18.2. The van der Waals surface area contributed by atoms with E-state index in [0.717, 1.165) is 43.4 Å². The Morgan fingerprint density at radius 2 is 1.12 bits per heavy atom. The Kier molecular flexibility index (Phi) is 11.3. The second kappa shape index (κ2) is 16.4. The molecule has 2 amide bonds. The smallest absolute Gasteiger partial charge is 0.323 e. The third kappa shape index (κ3) is 9.03. The van der Waals surface area contributed by atoms with Crippen LogP contribution in [0.5, 0.6) is 0 Å². The highest BCUT2D eigenvalue weighted by atomic mass is 32.1. The molecule has 0 aliphatic rings. The molecule has 0 aliphatic heterocycles. The Morgan fingerprint density at radius 3 is 1.50 bits per heavy atom. The van der Waals surface area contributed by atoms with Gasteiger partial charge in [0.25, 0.3) is 0 Å². The van der Waals surface area contributed by atoms with Gasteiger partial charge in [-0.05, 0) is 70.4 Å². The van der Waals surface area contributed by atoms with Crippen LogP contribution in [-0.4, -0.2) is 31.4 Å². The van der Waals surface area contributed by atoms with Crippen LogP contribution >= 0.6 is 30.9 Å². The Morgan fingerprint density at radius 1 is 0.700 bits per heavy atom. The highest BCUT2D eigenvalue weighted by molar-refractivity contribution is 7.33. The van der Waals surface area contributed by atoms with Crippen molar-refractivity contribution in [2.45, 2.75) is 13.2 Å². The number of hydrogen-bond acceptors (Lipinski definition) is 9. The summed E-state index contributed by atoms with van der Waals surface area (Å²) >= 11 is 3.22. The molecule has 0 saturated carbocycles. The van der Waals surface area contributed by atoms with Gasteiger partial charge >= 0.3 is 8.25 Å². The average molecular weight is 724 g/mol. The van der Waals surface area contributed by atoms with E-state index in [0.29, 0.717) is 11.4 Å². The summed E-state index contributed by atoms with van der Waals surface area (Å²) in [6, 6.07) is 22.1. The maximum absolute atomic E-state index is 12.5. The predicted octanol–water partition coefficient (Wildman–Crippen LogP) is 8.31. The lowest BCUT2D eigenvalue weighted by Gasteiger charge is -2.04. The molecule has 0 fully saturated rings. The first-order valence-electron chi connectivity index (χ1n) is 15.3. The number of benzene rings is 2. The van der Waals surface area contributed by atoms with E-state index in [2.05, 4.69) is 20.8 Å². The number of carbonyl (C=O) groups is 2. The molecule has 50 heavy (non-hydrogen) atoms. The van der Waals surface area contributed by atoms with Crippen molar-refractivity contribution in [2.24, 2.45) is 14.1 Å². The van der Waals surface area contributed by atoms with Gasteiger partial charge in [0.05, 0.1) is 33.5 Å². The zero-order chi connectivity index (χ0) is 34.9. The molecule has 4 heterocycles. The number of nitrogens with one attached hydrogen (secondary N) is 2. The van der Waals surface area contributed by atoms with Gasteiger partial charge in [0.1, 0.15) is 13.2 Å². The highest BCUT2D eigenvalue weighted by Crippen LogP contribution is 2.30. The molecular formula is C36H32N6O5PS2+. The summed E-state index contributed by atoms with van der Waals surface area (Å²) in [5.41, 5.74) is 6.36. The largest absolute Gasteiger partial charge is 0.698 e. The fourth-order valence-electron chi connectivity index (χ4n) is 4.94. The third-order valence-electron chi connectivity index (χ3n) is 7.39. The number of thiophene rings is 2. The van der Waals surface area contributed by atoms with Gasteiger partial charge in [0, 0.05) is 53.3 Å². The monoisotopic (exact) mass is 723 g/mol. The quantitative estimate of drug-likeness (QED) is 0.0855. The van der Waals surface area contributed by atoms with Crippen LogP contribution < -0.4 is 10.6 Å². The standard InChI is InChI=1S/C36H31N6O5PS2/c1-41-35(31-5-3-19-49-31)27(21-37-41)11-17-33(43)39-29-13-7-25(8-14-29)23-46-48(45)47-24-26-9-15-30(16-10-26)40-34(44)18-12-28-22-38-42(2)36(28)32-6-4-20-50-32/h3-22H,23-24H2,1-2H3,(H-,39,40,43,44)/p+1/b17-11+,18-12+. The van der Waals surface area contributed by atoms with E-state index < -0.39 is 8.25 Å². The molecule has 0 atom stereocenters. The van der Waals surface area contributed by atoms with Crippen LogP contribution in [-0.2, 0) is 50.5 Å². The zero-order valence-electron chi connectivity index (χ0n) is 27.1. The summed E-state index contributed by atoms with van der Waals surface area (Å²) in [5, 5.41) is 18.3. The number of aromatic nitrogens is 4. The van der Waals surface area contributed by atoms with Crippen molar-refractivity contribution >= 4 is 66.3 Å². The molecule has 6 rings (SSSR count). The van der Waals surface area contributed by atoms with Crippen molar-refractivity contribution in [3.8, 4) is 21.1 Å². The van der Waals surface area contributed by atoms with Gasteiger partial charge in [-0.15, -0.1) is 31.7 Å². The molecule has 14 heteroatoms. The molecule has 0 radical (unpaired) electrons. The van der Waals surface area contributed by atoms with Crippen LogP contribution in [0.2, 0.25) is 0 Å². The molecule has 4 aromatic heterocycles. The summed E-state index contributed by atoms with van der Waals surface area (Å²) in [5.74, 6) is -0.550. The summed E-state index contributed by atoms with van der Waals surface area (Å²) < 4.78 is 26.7. The van der Waals surface area contributed by atoms with E-state index in [9.17, 15) is 14.2 Å². The fraction of sp³-hybridized carbons (Fsp3) is 0.111. The minimum atomic E-state index is -2.37. The average Bonchev–Trinajstić information content (AvgIpc) is 3.95. The van der Waals surface area contributed by atoms with Gasteiger partial charge in [0.15, 0.2) is 0 Å². The van der Waals surface area contributed by atoms with Crippen LogP contribution in [0.1, 0.15) is 22.3 Å². The van der Waals surface area contributed by atoms with E-state index in [-0.39, 0.29) is 25.0 Å². The van der Waals surface area contributed by atoms with Crippen molar-refractivity contribution in [1.29, 1.82) is 0 Å². The zero-order valence-corrected chi connectivity index (χ0v) is 29.6. The lowest BCUT2D eigenvalue weighted by Crippen LogP contribution is -2.07. The van der Waals surface area contributed by atoms with E-state index in [1.54, 1.807) is 105 Å². The minimum Gasteiger partial charge on any atom is -0.323 e. The van der Waals surface area contributed by atoms with Gasteiger partial charge in [-0.2, -0.15) is 10.2 Å². The number of hydrogen-bond donors (Lipinski definition) is 2. The summed E-state index contributed by atoms with van der Waals surface area (Å²) in [4.78, 5) is 27.2. The fourth-order valence-corrected chi connectivity index (χ4v) is 7.17. The topological polar surface area (TPSA) is 129 Å². The molecule has 0 saturated heterocycles. The molecular weight excluding hydrogens is 692 g/mol. The van der Waals surface area contributed by atoms with Crippen LogP contribution in [0.15, 0.2) is 108 Å². The number of aryl methyl sites for hydroxylation is 2. The molecule has 0 aliphatic carbocycles. The number of anilines is 2. The highest BCUT2D eigenvalue weighted by Gasteiger charge is 2.21. The van der Waals surface area contributed by atoms with Crippen molar-refractivity contribution in [1.82, 2.24) is 19.6 Å². The second-order valence-corrected chi connectivity index (χ2v) is 13.8. The van der Waals surface area contributed by atoms with Gasteiger partial charge < -0.3 is 10.6 Å². The lowest BCUT2D eigenvalue weighted by atomic mass is 10.2. The van der Waals surface area contributed by atoms with Crippen LogP contribution in [0.25, 0.3) is 33.3 Å². The van der Waals surface area contributed by atoms with Crippen molar-refractivity contribution in [3.05, 3.63) is 130 Å². The van der Waals surface area contributed by atoms with Crippen molar-refractivity contribution in [2.75, 3.05) is 10.6 Å². The Balaban J connectivity index is 0.915. The molecule has 2 N–H and O–H groups in total.